The lowest BCUT2D eigenvalue weighted by Gasteiger charge is -2.28. The van der Waals surface area contributed by atoms with E-state index >= 15 is 0 Å². The maximum atomic E-state index is 4.49. The molecule has 15 heavy (non-hydrogen) atoms. The minimum atomic E-state index is 1.01. The highest BCUT2D eigenvalue weighted by Gasteiger charge is 2.13. The first-order chi connectivity index (χ1) is 7.16. The second kappa shape index (κ2) is 4.35. The number of aromatic nitrogens is 1. The number of rotatable bonds is 1. The summed E-state index contributed by atoms with van der Waals surface area (Å²) in [7, 11) is 0. The zero-order valence-corrected chi connectivity index (χ0v) is 10.7. The van der Waals surface area contributed by atoms with Crippen molar-refractivity contribution in [1.29, 1.82) is 0 Å². The van der Waals surface area contributed by atoms with Crippen LogP contribution in [-0.4, -0.2) is 18.1 Å². The molecule has 0 saturated heterocycles. The third-order valence-electron chi connectivity index (χ3n) is 2.65. The number of halogens is 1. The van der Waals surface area contributed by atoms with Crippen molar-refractivity contribution in [3.8, 4) is 0 Å². The molecule has 0 radical (unpaired) electrons. The molecule has 1 aliphatic rings. The number of hydrogen-bond donors (Lipinski definition) is 0. The molecule has 1 aromatic heterocycles. The van der Waals surface area contributed by atoms with E-state index in [-0.39, 0.29) is 0 Å². The van der Waals surface area contributed by atoms with Gasteiger partial charge in [0.1, 0.15) is 5.82 Å². The fourth-order valence-corrected chi connectivity index (χ4v) is 2.40. The second-order valence-electron chi connectivity index (χ2n) is 4.05. The number of aryl methyl sites for hydroxylation is 1. The number of pyridine rings is 1. The van der Waals surface area contributed by atoms with Crippen molar-refractivity contribution in [3.63, 3.8) is 0 Å². The lowest BCUT2D eigenvalue weighted by atomic mass is 10.1. The van der Waals surface area contributed by atoms with Crippen LogP contribution >= 0.6 is 15.9 Å². The molecule has 0 unspecified atom stereocenters. The zero-order chi connectivity index (χ0) is 10.8. The van der Waals surface area contributed by atoms with Crippen LogP contribution in [0.25, 0.3) is 0 Å². The van der Waals surface area contributed by atoms with Crippen LogP contribution in [0.5, 0.6) is 0 Å². The Balaban J connectivity index is 2.26. The average molecular weight is 267 g/mol. The van der Waals surface area contributed by atoms with Gasteiger partial charge in [-0.2, -0.15) is 0 Å². The molecule has 0 aromatic carbocycles. The van der Waals surface area contributed by atoms with Crippen molar-refractivity contribution < 1.29 is 0 Å². The Bertz CT molecular complexity index is 399. The molecule has 80 valence electrons. The molecule has 3 heteroatoms. The van der Waals surface area contributed by atoms with Gasteiger partial charge < -0.3 is 4.90 Å². The molecule has 0 saturated carbocycles. The van der Waals surface area contributed by atoms with E-state index in [1.54, 1.807) is 0 Å². The fourth-order valence-electron chi connectivity index (χ4n) is 1.96. The largest absolute Gasteiger partial charge is 0.352 e. The van der Waals surface area contributed by atoms with Gasteiger partial charge in [-0.3, -0.25) is 0 Å². The van der Waals surface area contributed by atoms with E-state index in [1.807, 2.05) is 6.20 Å². The van der Waals surface area contributed by atoms with Gasteiger partial charge in [-0.1, -0.05) is 11.6 Å². The predicted molar refractivity (Wildman–Crippen MR) is 67.3 cm³/mol. The van der Waals surface area contributed by atoms with Gasteiger partial charge in [0.15, 0.2) is 0 Å². The van der Waals surface area contributed by atoms with Crippen LogP contribution in [0.4, 0.5) is 5.82 Å². The normalized spacial score (nSPS) is 16.5. The van der Waals surface area contributed by atoms with Crippen LogP contribution in [-0.2, 0) is 0 Å². The highest BCUT2D eigenvalue weighted by atomic mass is 79.9. The highest BCUT2D eigenvalue weighted by molar-refractivity contribution is 9.10. The molecule has 1 aromatic rings. The molecule has 0 fully saturated rings. The molecule has 2 nitrogen and oxygen atoms in total. The van der Waals surface area contributed by atoms with E-state index < -0.39 is 0 Å². The monoisotopic (exact) mass is 266 g/mol. The van der Waals surface area contributed by atoms with Crippen LogP contribution in [0.15, 0.2) is 28.4 Å². The Hall–Kier alpha value is -0.830. The molecule has 0 atom stereocenters. The van der Waals surface area contributed by atoms with Gasteiger partial charge >= 0.3 is 0 Å². The van der Waals surface area contributed by atoms with E-state index in [1.165, 1.54) is 11.1 Å². The first kappa shape index (κ1) is 10.7. The number of anilines is 1. The molecule has 0 spiro atoms. The molecule has 2 rings (SSSR count). The van der Waals surface area contributed by atoms with E-state index in [2.05, 4.69) is 51.8 Å². The van der Waals surface area contributed by atoms with Crippen molar-refractivity contribution >= 4 is 21.7 Å². The molecule has 0 N–H and O–H groups in total. The van der Waals surface area contributed by atoms with Crippen molar-refractivity contribution in [2.75, 3.05) is 18.0 Å². The van der Waals surface area contributed by atoms with Crippen LogP contribution < -0.4 is 4.90 Å². The maximum Gasteiger partial charge on any atom is 0.131 e. The fraction of sp³-hybridized carbons (Fsp3) is 0.417. The summed E-state index contributed by atoms with van der Waals surface area (Å²) in [5.74, 6) is 1.12. The smallest absolute Gasteiger partial charge is 0.131 e. The quantitative estimate of drug-likeness (QED) is 0.726. The highest BCUT2D eigenvalue weighted by Crippen LogP contribution is 2.23. The van der Waals surface area contributed by atoms with Gasteiger partial charge in [-0.05, 0) is 47.8 Å². The van der Waals surface area contributed by atoms with Gasteiger partial charge in [0, 0.05) is 23.8 Å². The molecular formula is C12H15BrN2. The molecule has 0 aliphatic carbocycles. The summed E-state index contributed by atoms with van der Waals surface area (Å²) < 4.78 is 1.05. The van der Waals surface area contributed by atoms with Crippen LogP contribution in [0.1, 0.15) is 18.9 Å². The zero-order valence-electron chi connectivity index (χ0n) is 9.13. The average Bonchev–Trinajstić information content (AvgIpc) is 2.17. The van der Waals surface area contributed by atoms with E-state index in [4.69, 9.17) is 0 Å². The third-order valence-corrected chi connectivity index (χ3v) is 3.08. The molecule has 2 heterocycles. The van der Waals surface area contributed by atoms with Gasteiger partial charge in [-0.25, -0.2) is 4.98 Å². The van der Waals surface area contributed by atoms with Crippen molar-refractivity contribution in [2.45, 2.75) is 20.3 Å². The van der Waals surface area contributed by atoms with Crippen molar-refractivity contribution in [3.05, 3.63) is 33.9 Å². The summed E-state index contributed by atoms with van der Waals surface area (Å²) in [5.41, 5.74) is 2.67. The molecule has 0 amide bonds. The summed E-state index contributed by atoms with van der Waals surface area (Å²) in [6.45, 7) is 6.38. The van der Waals surface area contributed by atoms with Crippen molar-refractivity contribution in [1.82, 2.24) is 4.98 Å². The first-order valence-corrected chi connectivity index (χ1v) is 5.99. The molecular weight excluding hydrogens is 252 g/mol. The summed E-state index contributed by atoms with van der Waals surface area (Å²) >= 11 is 3.44. The van der Waals surface area contributed by atoms with E-state index in [9.17, 15) is 0 Å². The molecule has 1 aliphatic heterocycles. The lowest BCUT2D eigenvalue weighted by molar-refractivity contribution is 0.774. The van der Waals surface area contributed by atoms with Gasteiger partial charge in [0.05, 0.1) is 0 Å². The lowest BCUT2D eigenvalue weighted by Crippen LogP contribution is -2.30. The Morgan fingerprint density at radius 3 is 2.87 bits per heavy atom. The van der Waals surface area contributed by atoms with Crippen molar-refractivity contribution in [2.24, 2.45) is 0 Å². The topological polar surface area (TPSA) is 16.1 Å². The Labute approximate surface area is 99.1 Å². The van der Waals surface area contributed by atoms with Crippen LogP contribution in [0, 0.1) is 6.92 Å². The minimum absolute atomic E-state index is 1.01. The number of nitrogens with zero attached hydrogens (tertiary/aromatic N) is 2. The van der Waals surface area contributed by atoms with Crippen LogP contribution in [0.3, 0.4) is 0 Å². The SMILES string of the molecule is CC1=CCCN(c2ncc(Br)cc2C)C1. The Morgan fingerprint density at radius 2 is 2.20 bits per heavy atom. The second-order valence-corrected chi connectivity index (χ2v) is 4.97. The predicted octanol–water partition coefficient (Wildman–Crippen LogP) is 3.31. The summed E-state index contributed by atoms with van der Waals surface area (Å²) in [6, 6.07) is 2.12. The van der Waals surface area contributed by atoms with Crippen LogP contribution in [0.2, 0.25) is 0 Å². The van der Waals surface area contributed by atoms with Gasteiger partial charge in [-0.15, -0.1) is 0 Å². The first-order valence-electron chi connectivity index (χ1n) is 5.19. The standard InChI is InChI=1S/C12H15BrN2/c1-9-4-3-5-15(8-9)12-10(2)6-11(13)7-14-12/h4,6-7H,3,5,8H2,1-2H3. The minimum Gasteiger partial charge on any atom is -0.352 e. The van der Waals surface area contributed by atoms with E-state index in [0.29, 0.717) is 0 Å². The summed E-state index contributed by atoms with van der Waals surface area (Å²) in [4.78, 5) is 6.83. The molecule has 0 bridgehead atoms. The van der Waals surface area contributed by atoms with Gasteiger partial charge in [0.2, 0.25) is 0 Å². The Morgan fingerprint density at radius 1 is 1.40 bits per heavy atom. The summed E-state index contributed by atoms with van der Waals surface area (Å²) in [5, 5.41) is 0. The van der Waals surface area contributed by atoms with Gasteiger partial charge in [0.25, 0.3) is 0 Å². The Kier molecular flexibility index (Phi) is 3.10. The number of hydrogen-bond acceptors (Lipinski definition) is 2. The summed E-state index contributed by atoms with van der Waals surface area (Å²) in [6.07, 6.45) is 5.31. The third kappa shape index (κ3) is 2.40. The maximum absolute atomic E-state index is 4.49. The van der Waals surface area contributed by atoms with E-state index in [0.717, 1.165) is 29.8 Å².